The van der Waals surface area contributed by atoms with E-state index in [1.165, 1.54) is 0 Å². The Morgan fingerprint density at radius 1 is 1.07 bits per heavy atom. The van der Waals surface area contributed by atoms with Crippen LogP contribution in [0.4, 0.5) is 5.69 Å². The molecule has 1 aromatic heterocycles. The van der Waals surface area contributed by atoms with Crippen molar-refractivity contribution in [2.45, 2.75) is 41.5 Å². The Hall–Kier alpha value is -2.95. The smallest absolute Gasteiger partial charge is 0.285 e. The first kappa shape index (κ1) is 20.8. The van der Waals surface area contributed by atoms with E-state index in [4.69, 9.17) is 0 Å². The fraction of sp³-hybridized carbons (Fsp3) is 0.375. The Balaban J connectivity index is 2.45. The molecule has 0 unspecified atom stereocenters. The summed E-state index contributed by atoms with van der Waals surface area (Å²) < 4.78 is 1.63. The monoisotopic (exact) mass is 391 g/mol. The highest BCUT2D eigenvalue weighted by molar-refractivity contribution is 5.99. The van der Waals surface area contributed by atoms with Gasteiger partial charge in [0.1, 0.15) is 0 Å². The van der Waals surface area contributed by atoms with Crippen molar-refractivity contribution >= 4 is 22.5 Å². The number of ketones is 1. The molecule has 0 fully saturated rings. The average molecular weight is 392 g/mol. The van der Waals surface area contributed by atoms with Crippen LogP contribution in [0.1, 0.15) is 50.7 Å². The van der Waals surface area contributed by atoms with Gasteiger partial charge in [0.15, 0.2) is 11.5 Å². The Morgan fingerprint density at radius 2 is 1.69 bits per heavy atom. The van der Waals surface area contributed by atoms with Gasteiger partial charge in [0.2, 0.25) is 0 Å². The largest absolute Gasteiger partial charge is 0.372 e. The van der Waals surface area contributed by atoms with Gasteiger partial charge >= 0.3 is 0 Å². The number of hydrogen-bond donors (Lipinski definition) is 0. The lowest BCUT2D eigenvalue weighted by molar-refractivity contribution is 0.0851. The van der Waals surface area contributed by atoms with Crippen LogP contribution in [0.3, 0.4) is 0 Å². The number of hydrogen-bond acceptors (Lipinski definition) is 4. The predicted octanol–water partition coefficient (Wildman–Crippen LogP) is 4.77. The molecule has 1 heterocycles. The number of benzene rings is 2. The first-order valence-electron chi connectivity index (χ1n) is 10.1. The van der Waals surface area contributed by atoms with Gasteiger partial charge in [0.05, 0.1) is 11.0 Å². The summed E-state index contributed by atoms with van der Waals surface area (Å²) in [4.78, 5) is 33.3. The Bertz CT molecular complexity index is 1100. The van der Waals surface area contributed by atoms with Crippen LogP contribution in [0, 0.1) is 12.3 Å². The third-order valence-corrected chi connectivity index (χ3v) is 5.17. The maximum absolute atomic E-state index is 13.5. The summed E-state index contributed by atoms with van der Waals surface area (Å²) in [5, 5.41) is 0. The number of fused-ring (bicyclic) bond motifs is 1. The van der Waals surface area contributed by atoms with E-state index in [1.54, 1.807) is 4.57 Å². The molecule has 3 rings (SSSR count). The molecule has 2 aromatic carbocycles. The molecule has 3 aromatic rings. The van der Waals surface area contributed by atoms with Crippen molar-refractivity contribution < 1.29 is 4.79 Å². The topological polar surface area (TPSA) is 55.2 Å². The second kappa shape index (κ2) is 7.82. The summed E-state index contributed by atoms with van der Waals surface area (Å²) >= 11 is 0. The average Bonchev–Trinajstić information content (AvgIpc) is 2.68. The minimum Gasteiger partial charge on any atom is -0.372 e. The van der Waals surface area contributed by atoms with Gasteiger partial charge in [0, 0.05) is 29.9 Å². The zero-order valence-corrected chi connectivity index (χ0v) is 18.1. The molecule has 0 saturated carbocycles. The van der Waals surface area contributed by atoms with Gasteiger partial charge < -0.3 is 4.90 Å². The number of carbonyl (C=O) groups is 1. The SMILES string of the molecule is CCN(CC)c1cc(C)c2nc(C(=O)C(C)(C)C)c(=O)n(-c3ccccc3)c2c1. The number of rotatable bonds is 5. The third kappa shape index (κ3) is 3.82. The number of Topliss-reactive ketones (excluding diaryl/α,β-unsaturated/α-hetero) is 1. The van der Waals surface area contributed by atoms with Gasteiger partial charge in [-0.25, -0.2) is 4.98 Å². The number of aromatic nitrogens is 2. The number of carbonyl (C=O) groups excluding carboxylic acids is 1. The Morgan fingerprint density at radius 3 is 2.24 bits per heavy atom. The lowest BCUT2D eigenvalue weighted by atomic mass is 9.89. The van der Waals surface area contributed by atoms with E-state index in [9.17, 15) is 9.59 Å². The van der Waals surface area contributed by atoms with Gasteiger partial charge in [0.25, 0.3) is 5.56 Å². The van der Waals surface area contributed by atoms with Crippen LogP contribution in [-0.2, 0) is 0 Å². The van der Waals surface area contributed by atoms with Crippen molar-refractivity contribution in [3.8, 4) is 5.69 Å². The molecular formula is C24H29N3O2. The highest BCUT2D eigenvalue weighted by atomic mass is 16.2. The molecule has 0 aliphatic rings. The molecule has 0 N–H and O–H groups in total. The molecule has 152 valence electrons. The lowest BCUT2D eigenvalue weighted by Crippen LogP contribution is -2.33. The van der Waals surface area contributed by atoms with Crippen molar-refractivity contribution in [1.29, 1.82) is 0 Å². The fourth-order valence-electron chi connectivity index (χ4n) is 3.54. The predicted molar refractivity (Wildman–Crippen MR) is 119 cm³/mol. The van der Waals surface area contributed by atoms with E-state index in [-0.39, 0.29) is 17.0 Å². The quantitative estimate of drug-likeness (QED) is 0.588. The highest BCUT2D eigenvalue weighted by Crippen LogP contribution is 2.27. The van der Waals surface area contributed by atoms with Crippen molar-refractivity contribution in [2.24, 2.45) is 5.41 Å². The van der Waals surface area contributed by atoms with Crippen LogP contribution in [0.15, 0.2) is 47.3 Å². The van der Waals surface area contributed by atoms with E-state index < -0.39 is 5.41 Å². The normalized spacial score (nSPS) is 11.7. The van der Waals surface area contributed by atoms with E-state index in [2.05, 4.69) is 29.8 Å². The van der Waals surface area contributed by atoms with Crippen LogP contribution < -0.4 is 10.5 Å². The first-order chi connectivity index (χ1) is 13.7. The Labute approximate surface area is 172 Å². The molecule has 0 atom stereocenters. The molecule has 0 aliphatic heterocycles. The van der Waals surface area contributed by atoms with Crippen molar-refractivity contribution in [2.75, 3.05) is 18.0 Å². The van der Waals surface area contributed by atoms with Crippen LogP contribution >= 0.6 is 0 Å². The van der Waals surface area contributed by atoms with E-state index in [0.29, 0.717) is 11.0 Å². The second-order valence-corrected chi connectivity index (χ2v) is 8.32. The lowest BCUT2D eigenvalue weighted by Gasteiger charge is -2.23. The van der Waals surface area contributed by atoms with Crippen LogP contribution in [-0.4, -0.2) is 28.4 Å². The zero-order chi connectivity index (χ0) is 21.3. The zero-order valence-electron chi connectivity index (χ0n) is 18.1. The maximum atomic E-state index is 13.5. The minimum atomic E-state index is -0.691. The summed E-state index contributed by atoms with van der Waals surface area (Å²) in [5.41, 5.74) is 3.03. The maximum Gasteiger partial charge on any atom is 0.285 e. The summed E-state index contributed by atoms with van der Waals surface area (Å²) in [6.07, 6.45) is 0. The number of nitrogens with zero attached hydrogens (tertiary/aromatic N) is 3. The van der Waals surface area contributed by atoms with Gasteiger partial charge in [-0.3, -0.25) is 14.2 Å². The van der Waals surface area contributed by atoms with Crippen LogP contribution in [0.5, 0.6) is 0 Å². The Kier molecular flexibility index (Phi) is 5.60. The van der Waals surface area contributed by atoms with E-state index >= 15 is 0 Å². The molecule has 0 amide bonds. The van der Waals surface area contributed by atoms with Gasteiger partial charge in [-0.15, -0.1) is 0 Å². The number of anilines is 1. The van der Waals surface area contributed by atoms with E-state index in [1.807, 2.05) is 64.1 Å². The van der Waals surface area contributed by atoms with Crippen LogP contribution in [0.2, 0.25) is 0 Å². The second-order valence-electron chi connectivity index (χ2n) is 8.32. The molecule has 0 aliphatic carbocycles. The minimum absolute atomic E-state index is 0.00691. The van der Waals surface area contributed by atoms with Gasteiger partial charge in [-0.05, 0) is 50.6 Å². The summed E-state index contributed by atoms with van der Waals surface area (Å²) in [7, 11) is 0. The standard InChI is InChI=1S/C24H29N3O2/c1-7-26(8-2)18-14-16(3)20-19(15-18)27(17-12-10-9-11-13-17)23(29)21(25-20)22(28)24(4,5)6/h9-15H,7-8H2,1-6H3. The van der Waals surface area contributed by atoms with E-state index in [0.717, 1.165) is 30.0 Å². The van der Waals surface area contributed by atoms with Gasteiger partial charge in [-0.1, -0.05) is 39.0 Å². The van der Waals surface area contributed by atoms with Gasteiger partial charge in [-0.2, -0.15) is 0 Å². The van der Waals surface area contributed by atoms with Crippen molar-refractivity contribution in [3.05, 3.63) is 64.1 Å². The highest BCUT2D eigenvalue weighted by Gasteiger charge is 2.29. The third-order valence-electron chi connectivity index (χ3n) is 5.17. The first-order valence-corrected chi connectivity index (χ1v) is 10.1. The molecular weight excluding hydrogens is 362 g/mol. The molecule has 0 spiro atoms. The molecule has 5 heteroatoms. The van der Waals surface area contributed by atoms with Crippen molar-refractivity contribution in [1.82, 2.24) is 9.55 Å². The molecule has 29 heavy (non-hydrogen) atoms. The molecule has 0 bridgehead atoms. The number of para-hydroxylation sites is 1. The van der Waals surface area contributed by atoms with Crippen LogP contribution in [0.25, 0.3) is 16.7 Å². The summed E-state index contributed by atoms with van der Waals surface area (Å²) in [6.45, 7) is 13.4. The number of aryl methyl sites for hydroxylation is 1. The molecule has 0 saturated heterocycles. The fourth-order valence-corrected chi connectivity index (χ4v) is 3.54. The summed E-state index contributed by atoms with van der Waals surface area (Å²) in [6, 6.07) is 13.5. The molecule has 5 nitrogen and oxygen atoms in total. The molecule has 0 radical (unpaired) electrons. The van der Waals surface area contributed by atoms with Crippen molar-refractivity contribution in [3.63, 3.8) is 0 Å². The summed E-state index contributed by atoms with van der Waals surface area (Å²) in [5.74, 6) is -0.249.